The molecular formula is C22H21FN6O2. The summed E-state index contributed by atoms with van der Waals surface area (Å²) in [6.07, 6.45) is 0. The number of morpholine rings is 1. The van der Waals surface area contributed by atoms with E-state index in [4.69, 9.17) is 20.2 Å². The molecule has 0 bridgehead atoms. The maximum atomic E-state index is 13.8. The van der Waals surface area contributed by atoms with E-state index in [-0.39, 0.29) is 5.82 Å². The Morgan fingerprint density at radius 3 is 2.65 bits per heavy atom. The number of methoxy groups -OCH3 is 1. The van der Waals surface area contributed by atoms with Gasteiger partial charge in [0, 0.05) is 18.7 Å². The quantitative estimate of drug-likeness (QED) is 0.543. The van der Waals surface area contributed by atoms with Crippen molar-refractivity contribution in [2.45, 2.75) is 0 Å². The Morgan fingerprint density at radius 1 is 1.06 bits per heavy atom. The lowest BCUT2D eigenvalue weighted by atomic mass is 10.1. The van der Waals surface area contributed by atoms with Gasteiger partial charge in [0.25, 0.3) is 0 Å². The maximum Gasteiger partial charge on any atom is 0.228 e. The van der Waals surface area contributed by atoms with Gasteiger partial charge in [-0.05, 0) is 30.3 Å². The lowest BCUT2D eigenvalue weighted by Gasteiger charge is -2.27. The Hall–Kier alpha value is -3.72. The number of ether oxygens (including phenoxy) is 2. The first kappa shape index (κ1) is 19.3. The predicted octanol–water partition coefficient (Wildman–Crippen LogP) is 3.05. The Bertz CT molecular complexity index is 1250. The maximum absolute atomic E-state index is 13.8. The summed E-state index contributed by atoms with van der Waals surface area (Å²) in [6, 6.07) is 13.7. The van der Waals surface area contributed by atoms with Crippen LogP contribution in [0.25, 0.3) is 28.0 Å². The minimum atomic E-state index is -0.374. The zero-order valence-corrected chi connectivity index (χ0v) is 17.0. The molecule has 1 fully saturated rings. The summed E-state index contributed by atoms with van der Waals surface area (Å²) in [6.45, 7) is 2.56. The first-order valence-corrected chi connectivity index (χ1v) is 9.94. The average molecular weight is 420 g/mol. The van der Waals surface area contributed by atoms with E-state index < -0.39 is 0 Å². The molecule has 2 aromatic carbocycles. The number of nitrogens with two attached hydrogens (primary N) is 1. The largest absolute Gasteiger partial charge is 0.496 e. The molecule has 1 saturated heterocycles. The van der Waals surface area contributed by atoms with E-state index in [1.807, 2.05) is 24.3 Å². The summed E-state index contributed by atoms with van der Waals surface area (Å²) >= 11 is 0. The summed E-state index contributed by atoms with van der Waals surface area (Å²) < 4.78 is 26.4. The molecule has 0 unspecified atom stereocenters. The third kappa shape index (κ3) is 3.42. The topological polar surface area (TPSA) is 91.3 Å². The van der Waals surface area contributed by atoms with Crippen molar-refractivity contribution in [3.05, 3.63) is 54.3 Å². The van der Waals surface area contributed by atoms with Crippen LogP contribution in [0.3, 0.4) is 0 Å². The molecule has 4 aromatic rings. The smallest absolute Gasteiger partial charge is 0.228 e. The molecule has 1 aliphatic heterocycles. The number of fused-ring (bicyclic) bond motifs is 1. The molecule has 31 heavy (non-hydrogen) atoms. The van der Waals surface area contributed by atoms with Gasteiger partial charge in [0.2, 0.25) is 5.95 Å². The van der Waals surface area contributed by atoms with Crippen LogP contribution in [0.1, 0.15) is 0 Å². The van der Waals surface area contributed by atoms with Crippen molar-refractivity contribution >= 4 is 22.8 Å². The fourth-order valence-electron chi connectivity index (χ4n) is 3.74. The normalized spacial score (nSPS) is 14.2. The highest BCUT2D eigenvalue weighted by molar-refractivity contribution is 6.00. The molecule has 2 N–H and O–H groups in total. The molecule has 9 heteroatoms. The fraction of sp³-hybridized carbons (Fsp3) is 0.227. The number of anilines is 2. The predicted molar refractivity (Wildman–Crippen MR) is 116 cm³/mol. The number of benzene rings is 2. The number of nitrogen functional groups attached to an aromatic ring is 1. The third-order valence-electron chi connectivity index (χ3n) is 5.27. The number of halogens is 1. The Kier molecular flexibility index (Phi) is 4.87. The second-order valence-corrected chi connectivity index (χ2v) is 7.15. The lowest BCUT2D eigenvalue weighted by Crippen LogP contribution is -2.37. The molecule has 0 atom stereocenters. The minimum absolute atomic E-state index is 0.329. The lowest BCUT2D eigenvalue weighted by molar-refractivity contribution is 0.122. The summed E-state index contributed by atoms with van der Waals surface area (Å²) in [7, 11) is 1.61. The molecule has 2 aromatic heterocycles. The molecule has 0 aliphatic carbocycles. The standard InChI is InChI=1S/C22H21FN6O2/c1-30-17-8-3-2-7-16(17)19-18-20(24)29(15-6-4-5-14(23)13-15)27-21(18)26-22(25-19)28-9-11-31-12-10-28/h2-8,13H,9-12,24H2,1H3. The van der Waals surface area contributed by atoms with E-state index in [1.165, 1.54) is 16.8 Å². The van der Waals surface area contributed by atoms with Crippen molar-refractivity contribution in [2.24, 2.45) is 0 Å². The number of hydrogen-bond donors (Lipinski definition) is 1. The zero-order chi connectivity index (χ0) is 21.4. The number of aromatic nitrogens is 4. The van der Waals surface area contributed by atoms with Crippen LogP contribution in [0, 0.1) is 5.82 Å². The average Bonchev–Trinajstić information content (AvgIpc) is 3.15. The van der Waals surface area contributed by atoms with Gasteiger partial charge >= 0.3 is 0 Å². The number of rotatable bonds is 4. The minimum Gasteiger partial charge on any atom is -0.496 e. The van der Waals surface area contributed by atoms with Crippen LogP contribution < -0.4 is 15.4 Å². The number of hydrogen-bond acceptors (Lipinski definition) is 7. The zero-order valence-electron chi connectivity index (χ0n) is 17.0. The van der Waals surface area contributed by atoms with Crippen LogP contribution in [0.4, 0.5) is 16.2 Å². The molecule has 3 heterocycles. The van der Waals surface area contributed by atoms with Crippen molar-refractivity contribution < 1.29 is 13.9 Å². The van der Waals surface area contributed by atoms with Gasteiger partial charge in [-0.2, -0.15) is 4.98 Å². The van der Waals surface area contributed by atoms with Crippen LogP contribution in [0.15, 0.2) is 48.5 Å². The van der Waals surface area contributed by atoms with Crippen molar-refractivity contribution in [1.29, 1.82) is 0 Å². The fourth-order valence-corrected chi connectivity index (χ4v) is 3.74. The highest BCUT2D eigenvalue weighted by atomic mass is 19.1. The van der Waals surface area contributed by atoms with Gasteiger partial charge in [0.1, 0.15) is 17.4 Å². The summed E-state index contributed by atoms with van der Waals surface area (Å²) in [5, 5.41) is 5.18. The molecule has 8 nitrogen and oxygen atoms in total. The van der Waals surface area contributed by atoms with Gasteiger partial charge in [0.05, 0.1) is 37.1 Å². The second kappa shape index (κ2) is 7.84. The monoisotopic (exact) mass is 420 g/mol. The molecular weight excluding hydrogens is 399 g/mol. The van der Waals surface area contributed by atoms with Gasteiger partial charge in [-0.25, -0.2) is 14.1 Å². The molecule has 0 radical (unpaired) electrons. The SMILES string of the molecule is COc1ccccc1-c1nc(N2CCOCC2)nc2nn(-c3cccc(F)c3)c(N)c12. The van der Waals surface area contributed by atoms with Gasteiger partial charge in [-0.1, -0.05) is 18.2 Å². The number of nitrogens with zero attached hydrogens (tertiary/aromatic N) is 5. The van der Waals surface area contributed by atoms with Crippen LogP contribution in [0.2, 0.25) is 0 Å². The van der Waals surface area contributed by atoms with Crippen molar-refractivity contribution in [3.63, 3.8) is 0 Å². The Morgan fingerprint density at radius 2 is 1.87 bits per heavy atom. The van der Waals surface area contributed by atoms with Crippen LogP contribution in [-0.2, 0) is 4.74 Å². The van der Waals surface area contributed by atoms with Gasteiger partial charge in [-0.15, -0.1) is 5.10 Å². The van der Waals surface area contributed by atoms with Gasteiger partial charge < -0.3 is 20.1 Å². The van der Waals surface area contributed by atoms with E-state index in [0.29, 0.717) is 66.2 Å². The molecule has 0 saturated carbocycles. The van der Waals surface area contributed by atoms with Crippen molar-refractivity contribution in [2.75, 3.05) is 44.0 Å². The van der Waals surface area contributed by atoms with Gasteiger partial charge in [0.15, 0.2) is 5.65 Å². The van der Waals surface area contributed by atoms with Crippen LogP contribution >= 0.6 is 0 Å². The van der Waals surface area contributed by atoms with Crippen LogP contribution in [0.5, 0.6) is 5.75 Å². The van der Waals surface area contributed by atoms with Crippen LogP contribution in [-0.4, -0.2) is 53.2 Å². The Labute approximate surface area is 178 Å². The summed E-state index contributed by atoms with van der Waals surface area (Å²) in [5.74, 6) is 1.16. The van der Waals surface area contributed by atoms with E-state index in [0.717, 1.165) is 5.56 Å². The molecule has 0 spiro atoms. The van der Waals surface area contributed by atoms with E-state index >= 15 is 0 Å². The second-order valence-electron chi connectivity index (χ2n) is 7.15. The highest BCUT2D eigenvalue weighted by Crippen LogP contribution is 2.37. The molecule has 0 amide bonds. The first-order chi connectivity index (χ1) is 15.2. The van der Waals surface area contributed by atoms with Crippen molar-refractivity contribution in [3.8, 4) is 22.7 Å². The summed E-state index contributed by atoms with van der Waals surface area (Å²) in [4.78, 5) is 11.6. The molecule has 5 rings (SSSR count). The highest BCUT2D eigenvalue weighted by Gasteiger charge is 2.23. The molecule has 1 aliphatic rings. The van der Waals surface area contributed by atoms with Crippen molar-refractivity contribution in [1.82, 2.24) is 19.7 Å². The third-order valence-corrected chi connectivity index (χ3v) is 5.27. The summed E-state index contributed by atoms with van der Waals surface area (Å²) in [5.41, 5.74) is 8.83. The first-order valence-electron chi connectivity index (χ1n) is 9.94. The Balaban J connectivity index is 1.77. The van der Waals surface area contributed by atoms with Gasteiger partial charge in [-0.3, -0.25) is 0 Å². The van der Waals surface area contributed by atoms with E-state index in [1.54, 1.807) is 19.2 Å². The van der Waals surface area contributed by atoms with E-state index in [2.05, 4.69) is 15.0 Å². The number of para-hydroxylation sites is 1. The molecule has 158 valence electrons. The van der Waals surface area contributed by atoms with E-state index in [9.17, 15) is 4.39 Å².